The summed E-state index contributed by atoms with van der Waals surface area (Å²) in [5, 5.41) is 9.11. The fraction of sp³-hybridized carbons (Fsp3) is 0.500. The molecule has 2 heterocycles. The van der Waals surface area contributed by atoms with E-state index in [1.54, 1.807) is 12.4 Å². The second-order valence-electron chi connectivity index (χ2n) is 3.41. The van der Waals surface area contributed by atoms with Crippen LogP contribution < -0.4 is 0 Å². The van der Waals surface area contributed by atoms with Gasteiger partial charge in [0.25, 0.3) is 0 Å². The summed E-state index contributed by atoms with van der Waals surface area (Å²) in [6, 6.07) is 2.21. The molecule has 0 bridgehead atoms. The molecular formula is C10H11N3O. The molecule has 1 fully saturated rings. The minimum Gasteiger partial charge on any atom is -0.356 e. The molecule has 0 N–H and O–H groups in total. The van der Waals surface area contributed by atoms with E-state index in [-0.39, 0.29) is 0 Å². The zero-order chi connectivity index (χ0) is 10.0. The van der Waals surface area contributed by atoms with Gasteiger partial charge in [-0.25, -0.2) is 9.97 Å². The van der Waals surface area contributed by atoms with Gasteiger partial charge in [0.2, 0.25) is 0 Å². The lowest BCUT2D eigenvalue weighted by atomic mass is 9.95. The van der Waals surface area contributed by atoms with Gasteiger partial charge in [-0.05, 0) is 19.8 Å². The van der Waals surface area contributed by atoms with E-state index in [2.05, 4.69) is 16.0 Å². The third kappa shape index (κ3) is 1.36. The number of rotatable bonds is 1. The van der Waals surface area contributed by atoms with Crippen LogP contribution in [-0.4, -0.2) is 16.6 Å². The molecule has 1 aliphatic heterocycles. The van der Waals surface area contributed by atoms with Gasteiger partial charge in [-0.1, -0.05) is 0 Å². The summed E-state index contributed by atoms with van der Waals surface area (Å²) in [6.45, 7) is 2.46. The van der Waals surface area contributed by atoms with Crippen LogP contribution in [0.2, 0.25) is 0 Å². The number of aromatic nitrogens is 2. The molecule has 0 aliphatic carbocycles. The smallest absolute Gasteiger partial charge is 0.182 e. The molecule has 1 aromatic rings. The maximum absolute atomic E-state index is 9.11. The van der Waals surface area contributed by atoms with E-state index in [4.69, 9.17) is 10.00 Å². The van der Waals surface area contributed by atoms with Crippen molar-refractivity contribution in [3.8, 4) is 6.07 Å². The van der Waals surface area contributed by atoms with Crippen LogP contribution in [0.1, 0.15) is 24.2 Å². The molecule has 2 rings (SSSR count). The van der Waals surface area contributed by atoms with E-state index >= 15 is 0 Å². The average Bonchev–Trinajstić information content (AvgIpc) is 2.68. The molecule has 1 atom stereocenters. The van der Waals surface area contributed by atoms with Crippen LogP contribution in [0.3, 0.4) is 0 Å². The van der Waals surface area contributed by atoms with Crippen molar-refractivity contribution in [2.45, 2.75) is 25.4 Å². The van der Waals surface area contributed by atoms with E-state index < -0.39 is 5.60 Å². The summed E-state index contributed by atoms with van der Waals surface area (Å²) < 4.78 is 5.47. The molecule has 0 spiro atoms. The standard InChI is InChI=1S/C10H11N3O/c1-8-12-5-9(6-13-8)10(7-11)3-2-4-14-10/h5-6H,2-4H2,1H3/t10-/m0/s1. The van der Waals surface area contributed by atoms with Crippen LogP contribution in [0, 0.1) is 18.3 Å². The Morgan fingerprint density at radius 1 is 1.50 bits per heavy atom. The van der Waals surface area contributed by atoms with Gasteiger partial charge < -0.3 is 4.74 Å². The first-order valence-electron chi connectivity index (χ1n) is 4.61. The van der Waals surface area contributed by atoms with E-state index in [1.807, 2.05) is 6.92 Å². The summed E-state index contributed by atoms with van der Waals surface area (Å²) >= 11 is 0. The Morgan fingerprint density at radius 3 is 2.71 bits per heavy atom. The zero-order valence-corrected chi connectivity index (χ0v) is 8.03. The highest BCUT2D eigenvalue weighted by Crippen LogP contribution is 2.34. The normalized spacial score (nSPS) is 26.0. The number of ether oxygens (including phenoxy) is 1. The van der Waals surface area contributed by atoms with Gasteiger partial charge in [-0.15, -0.1) is 0 Å². The van der Waals surface area contributed by atoms with Crippen molar-refractivity contribution >= 4 is 0 Å². The minimum atomic E-state index is -0.798. The topological polar surface area (TPSA) is 58.8 Å². The fourth-order valence-electron chi connectivity index (χ4n) is 1.62. The van der Waals surface area contributed by atoms with Gasteiger partial charge in [0.1, 0.15) is 11.9 Å². The molecule has 1 aromatic heterocycles. The van der Waals surface area contributed by atoms with Crippen molar-refractivity contribution in [1.82, 2.24) is 9.97 Å². The first kappa shape index (κ1) is 9.10. The van der Waals surface area contributed by atoms with Crippen molar-refractivity contribution in [3.63, 3.8) is 0 Å². The quantitative estimate of drug-likeness (QED) is 0.668. The molecule has 1 aliphatic rings. The van der Waals surface area contributed by atoms with Gasteiger partial charge in [0, 0.05) is 24.6 Å². The van der Waals surface area contributed by atoms with E-state index in [0.29, 0.717) is 12.4 Å². The predicted octanol–water partition coefficient (Wildman–Crippen LogP) is 1.31. The fourth-order valence-corrected chi connectivity index (χ4v) is 1.62. The molecule has 72 valence electrons. The third-order valence-electron chi connectivity index (χ3n) is 2.45. The zero-order valence-electron chi connectivity index (χ0n) is 8.03. The Kier molecular flexibility index (Phi) is 2.18. The van der Waals surface area contributed by atoms with Crippen LogP contribution in [0.15, 0.2) is 12.4 Å². The Labute approximate surface area is 82.6 Å². The molecule has 14 heavy (non-hydrogen) atoms. The minimum absolute atomic E-state index is 0.640. The largest absolute Gasteiger partial charge is 0.356 e. The molecule has 0 unspecified atom stereocenters. The molecule has 1 saturated heterocycles. The maximum Gasteiger partial charge on any atom is 0.182 e. The van der Waals surface area contributed by atoms with Gasteiger partial charge in [-0.3, -0.25) is 0 Å². The number of nitrogens with zero attached hydrogens (tertiary/aromatic N) is 3. The summed E-state index contributed by atoms with van der Waals surface area (Å²) in [7, 11) is 0. The van der Waals surface area contributed by atoms with Gasteiger partial charge >= 0.3 is 0 Å². The average molecular weight is 189 g/mol. The van der Waals surface area contributed by atoms with Crippen LogP contribution >= 0.6 is 0 Å². The van der Waals surface area contributed by atoms with Gasteiger partial charge in [-0.2, -0.15) is 5.26 Å². The van der Waals surface area contributed by atoms with Crippen LogP contribution in [0.5, 0.6) is 0 Å². The molecular weight excluding hydrogens is 178 g/mol. The predicted molar refractivity (Wildman–Crippen MR) is 49.2 cm³/mol. The second-order valence-corrected chi connectivity index (χ2v) is 3.41. The lowest BCUT2D eigenvalue weighted by molar-refractivity contribution is 0.0489. The molecule has 0 amide bonds. The van der Waals surface area contributed by atoms with Crippen molar-refractivity contribution in [1.29, 1.82) is 5.26 Å². The second kappa shape index (κ2) is 3.35. The SMILES string of the molecule is Cc1ncc([C@@]2(C#N)CCCO2)cn1. The number of nitriles is 1. The number of hydrogen-bond donors (Lipinski definition) is 0. The molecule has 0 radical (unpaired) electrons. The van der Waals surface area contributed by atoms with E-state index in [0.717, 1.165) is 18.4 Å². The molecule has 0 saturated carbocycles. The summed E-state index contributed by atoms with van der Waals surface area (Å²) in [5.41, 5.74) is -0.0312. The highest BCUT2D eigenvalue weighted by atomic mass is 16.5. The van der Waals surface area contributed by atoms with Crippen molar-refractivity contribution in [2.75, 3.05) is 6.61 Å². The van der Waals surface area contributed by atoms with E-state index in [9.17, 15) is 0 Å². The van der Waals surface area contributed by atoms with Crippen molar-refractivity contribution in [2.24, 2.45) is 0 Å². The van der Waals surface area contributed by atoms with Crippen LogP contribution in [-0.2, 0) is 10.3 Å². The summed E-state index contributed by atoms with van der Waals surface area (Å²) in [5.74, 6) is 0.708. The molecule has 4 heteroatoms. The van der Waals surface area contributed by atoms with E-state index in [1.165, 1.54) is 0 Å². The lowest BCUT2D eigenvalue weighted by Crippen LogP contribution is -2.22. The monoisotopic (exact) mass is 189 g/mol. The highest BCUT2D eigenvalue weighted by Gasteiger charge is 2.37. The Morgan fingerprint density at radius 2 is 2.21 bits per heavy atom. The maximum atomic E-state index is 9.11. The summed E-state index contributed by atoms with van der Waals surface area (Å²) in [6.07, 6.45) is 5.01. The molecule has 4 nitrogen and oxygen atoms in total. The van der Waals surface area contributed by atoms with Crippen molar-refractivity contribution in [3.05, 3.63) is 23.8 Å². The molecule has 0 aromatic carbocycles. The lowest BCUT2D eigenvalue weighted by Gasteiger charge is -2.19. The Hall–Kier alpha value is -1.47. The van der Waals surface area contributed by atoms with Crippen LogP contribution in [0.25, 0.3) is 0 Å². The third-order valence-corrected chi connectivity index (χ3v) is 2.45. The first-order chi connectivity index (χ1) is 6.77. The van der Waals surface area contributed by atoms with Crippen molar-refractivity contribution < 1.29 is 4.74 Å². The number of aryl methyl sites for hydroxylation is 1. The highest BCUT2D eigenvalue weighted by molar-refractivity contribution is 5.25. The van der Waals surface area contributed by atoms with Crippen LogP contribution in [0.4, 0.5) is 0 Å². The van der Waals surface area contributed by atoms with Gasteiger partial charge in [0.15, 0.2) is 5.60 Å². The Bertz CT molecular complexity index is 360. The number of hydrogen-bond acceptors (Lipinski definition) is 4. The van der Waals surface area contributed by atoms with Gasteiger partial charge in [0.05, 0.1) is 0 Å². The Balaban J connectivity index is 2.37. The first-order valence-corrected chi connectivity index (χ1v) is 4.61. The summed E-state index contributed by atoms with van der Waals surface area (Å²) in [4.78, 5) is 8.15.